The van der Waals surface area contributed by atoms with Gasteiger partial charge in [0.25, 0.3) is 5.91 Å². The van der Waals surface area contributed by atoms with Gasteiger partial charge in [0.15, 0.2) is 0 Å². The average molecular weight is 256 g/mol. The number of nitrogens with one attached hydrogen (secondary N) is 1. The Morgan fingerprint density at radius 1 is 1.68 bits per heavy atom. The van der Waals surface area contributed by atoms with Crippen LogP contribution in [0.3, 0.4) is 0 Å². The Balaban J connectivity index is 2.03. The Labute approximate surface area is 109 Å². The topological polar surface area (TPSA) is 83.9 Å². The molecule has 0 radical (unpaired) electrons. The molecule has 0 saturated heterocycles. The van der Waals surface area contributed by atoms with Gasteiger partial charge in [-0.25, -0.2) is 0 Å². The SMILES string of the molecule is Cn1cc(C=C(C#N)C(=O)NCc2ccco2)cn1. The highest BCUT2D eigenvalue weighted by atomic mass is 16.3. The molecule has 0 aliphatic rings. The number of hydrogen-bond acceptors (Lipinski definition) is 4. The van der Waals surface area contributed by atoms with E-state index in [2.05, 4.69) is 10.4 Å². The molecule has 0 aliphatic heterocycles. The molecule has 0 atom stereocenters. The second kappa shape index (κ2) is 5.69. The summed E-state index contributed by atoms with van der Waals surface area (Å²) in [6.07, 6.45) is 6.32. The van der Waals surface area contributed by atoms with E-state index in [9.17, 15) is 4.79 Å². The minimum absolute atomic E-state index is 0.0274. The maximum absolute atomic E-state index is 11.8. The van der Waals surface area contributed by atoms with Crippen LogP contribution in [0.2, 0.25) is 0 Å². The summed E-state index contributed by atoms with van der Waals surface area (Å²) in [5, 5.41) is 15.6. The molecule has 6 heteroatoms. The maximum atomic E-state index is 11.8. The maximum Gasteiger partial charge on any atom is 0.262 e. The van der Waals surface area contributed by atoms with Gasteiger partial charge in [0.1, 0.15) is 17.4 Å². The minimum Gasteiger partial charge on any atom is -0.467 e. The summed E-state index contributed by atoms with van der Waals surface area (Å²) in [4.78, 5) is 11.8. The molecule has 1 amide bonds. The molecular formula is C13H12N4O2. The molecule has 0 aliphatic carbocycles. The van der Waals surface area contributed by atoms with Gasteiger partial charge in [0.2, 0.25) is 0 Å². The number of carbonyl (C=O) groups is 1. The lowest BCUT2D eigenvalue weighted by molar-refractivity contribution is -0.117. The van der Waals surface area contributed by atoms with E-state index in [1.54, 1.807) is 36.3 Å². The Morgan fingerprint density at radius 2 is 2.53 bits per heavy atom. The number of nitrogens with zero attached hydrogens (tertiary/aromatic N) is 3. The van der Waals surface area contributed by atoms with Crippen LogP contribution in [0, 0.1) is 11.3 Å². The second-order valence-electron chi connectivity index (χ2n) is 3.88. The minimum atomic E-state index is -0.442. The average Bonchev–Trinajstić information content (AvgIpc) is 3.04. The number of nitriles is 1. The highest BCUT2D eigenvalue weighted by Crippen LogP contribution is 2.06. The Morgan fingerprint density at radius 3 is 3.11 bits per heavy atom. The molecule has 0 fully saturated rings. The zero-order valence-corrected chi connectivity index (χ0v) is 10.3. The van der Waals surface area contributed by atoms with Crippen molar-refractivity contribution in [1.29, 1.82) is 5.26 Å². The monoisotopic (exact) mass is 256 g/mol. The lowest BCUT2D eigenvalue weighted by Gasteiger charge is -2.01. The summed E-state index contributed by atoms with van der Waals surface area (Å²) in [6, 6.07) is 5.35. The van der Waals surface area contributed by atoms with Crippen molar-refractivity contribution in [2.75, 3.05) is 0 Å². The molecule has 96 valence electrons. The van der Waals surface area contributed by atoms with Crippen LogP contribution >= 0.6 is 0 Å². The van der Waals surface area contributed by atoms with Gasteiger partial charge in [-0.05, 0) is 18.2 Å². The quantitative estimate of drug-likeness (QED) is 0.658. The van der Waals surface area contributed by atoms with Crippen molar-refractivity contribution >= 4 is 12.0 Å². The summed E-state index contributed by atoms with van der Waals surface area (Å²) in [6.45, 7) is 0.248. The van der Waals surface area contributed by atoms with E-state index in [-0.39, 0.29) is 12.1 Å². The van der Waals surface area contributed by atoms with Crippen LogP contribution in [0.5, 0.6) is 0 Å². The number of furan rings is 1. The smallest absolute Gasteiger partial charge is 0.262 e. The van der Waals surface area contributed by atoms with E-state index < -0.39 is 5.91 Å². The first kappa shape index (κ1) is 12.6. The molecule has 2 rings (SSSR count). The van der Waals surface area contributed by atoms with Gasteiger partial charge in [-0.2, -0.15) is 10.4 Å². The first-order valence-electron chi connectivity index (χ1n) is 5.60. The Bertz CT molecular complexity index is 632. The van der Waals surface area contributed by atoms with Gasteiger partial charge in [-0.1, -0.05) is 0 Å². The standard InChI is InChI=1S/C13H12N4O2/c1-17-9-10(7-16-17)5-11(6-14)13(18)15-8-12-3-2-4-19-12/h2-5,7,9H,8H2,1H3,(H,15,18). The molecule has 2 heterocycles. The van der Waals surface area contributed by atoms with Crippen LogP contribution in [0.15, 0.2) is 40.8 Å². The van der Waals surface area contributed by atoms with Crippen molar-refractivity contribution in [3.63, 3.8) is 0 Å². The zero-order chi connectivity index (χ0) is 13.7. The summed E-state index contributed by atoms with van der Waals surface area (Å²) < 4.78 is 6.69. The number of amides is 1. The van der Waals surface area contributed by atoms with Crippen LogP contribution in [0.25, 0.3) is 6.08 Å². The normalized spacial score (nSPS) is 11.1. The fourth-order valence-corrected chi connectivity index (χ4v) is 1.51. The summed E-state index contributed by atoms with van der Waals surface area (Å²) >= 11 is 0. The second-order valence-corrected chi connectivity index (χ2v) is 3.88. The van der Waals surface area contributed by atoms with Crippen molar-refractivity contribution in [2.45, 2.75) is 6.54 Å². The van der Waals surface area contributed by atoms with E-state index >= 15 is 0 Å². The van der Waals surface area contributed by atoms with E-state index in [4.69, 9.17) is 9.68 Å². The van der Waals surface area contributed by atoms with E-state index in [0.717, 1.165) is 0 Å². The molecule has 0 aromatic carbocycles. The van der Waals surface area contributed by atoms with Gasteiger partial charge in [-0.3, -0.25) is 9.48 Å². The van der Waals surface area contributed by atoms with Crippen molar-refractivity contribution in [1.82, 2.24) is 15.1 Å². The molecule has 1 N–H and O–H groups in total. The van der Waals surface area contributed by atoms with Gasteiger partial charge in [0.05, 0.1) is 19.0 Å². The van der Waals surface area contributed by atoms with Crippen molar-refractivity contribution in [2.24, 2.45) is 7.05 Å². The number of aromatic nitrogens is 2. The van der Waals surface area contributed by atoms with Gasteiger partial charge in [0, 0.05) is 18.8 Å². The molecule has 2 aromatic rings. The number of hydrogen-bond donors (Lipinski definition) is 1. The summed E-state index contributed by atoms with van der Waals surface area (Å²) in [7, 11) is 1.76. The third kappa shape index (κ3) is 3.33. The van der Waals surface area contributed by atoms with Crippen molar-refractivity contribution in [3.8, 4) is 6.07 Å². The van der Waals surface area contributed by atoms with Crippen molar-refractivity contribution in [3.05, 3.63) is 47.7 Å². The summed E-state index contributed by atoms with van der Waals surface area (Å²) in [5.41, 5.74) is 0.728. The lowest BCUT2D eigenvalue weighted by Crippen LogP contribution is -2.23. The van der Waals surface area contributed by atoms with Gasteiger partial charge >= 0.3 is 0 Å². The Hall–Kier alpha value is -2.81. The largest absolute Gasteiger partial charge is 0.467 e. The van der Waals surface area contributed by atoms with Crippen LogP contribution in [0.1, 0.15) is 11.3 Å². The first-order chi connectivity index (χ1) is 9.19. The van der Waals surface area contributed by atoms with E-state index in [0.29, 0.717) is 11.3 Å². The summed E-state index contributed by atoms with van der Waals surface area (Å²) in [5.74, 6) is 0.190. The highest BCUT2D eigenvalue weighted by Gasteiger charge is 2.09. The highest BCUT2D eigenvalue weighted by molar-refractivity contribution is 6.01. The zero-order valence-electron chi connectivity index (χ0n) is 10.3. The molecule has 0 saturated carbocycles. The van der Waals surface area contributed by atoms with E-state index in [1.165, 1.54) is 12.3 Å². The number of rotatable bonds is 4. The van der Waals surface area contributed by atoms with Crippen LogP contribution in [0.4, 0.5) is 0 Å². The molecule has 0 unspecified atom stereocenters. The van der Waals surface area contributed by atoms with Crippen LogP contribution < -0.4 is 5.32 Å². The third-order valence-electron chi connectivity index (χ3n) is 2.40. The molecule has 2 aromatic heterocycles. The van der Waals surface area contributed by atoms with Gasteiger partial charge in [-0.15, -0.1) is 0 Å². The fraction of sp³-hybridized carbons (Fsp3) is 0.154. The third-order valence-corrected chi connectivity index (χ3v) is 2.40. The lowest BCUT2D eigenvalue weighted by atomic mass is 10.2. The molecule has 6 nitrogen and oxygen atoms in total. The predicted molar refractivity (Wildman–Crippen MR) is 67.4 cm³/mol. The number of aryl methyl sites for hydroxylation is 1. The van der Waals surface area contributed by atoms with Gasteiger partial charge < -0.3 is 9.73 Å². The molecular weight excluding hydrogens is 244 g/mol. The van der Waals surface area contributed by atoms with Crippen LogP contribution in [-0.2, 0) is 18.4 Å². The fourth-order valence-electron chi connectivity index (χ4n) is 1.51. The molecule has 0 bridgehead atoms. The molecule has 0 spiro atoms. The van der Waals surface area contributed by atoms with Crippen LogP contribution in [-0.4, -0.2) is 15.7 Å². The number of carbonyl (C=O) groups excluding carboxylic acids is 1. The predicted octanol–water partition coefficient (Wildman–Crippen LogP) is 1.24. The first-order valence-corrected chi connectivity index (χ1v) is 5.60. The van der Waals surface area contributed by atoms with E-state index in [1.807, 2.05) is 6.07 Å². The Kier molecular flexibility index (Phi) is 3.78. The van der Waals surface area contributed by atoms with Crippen molar-refractivity contribution < 1.29 is 9.21 Å². The molecule has 19 heavy (non-hydrogen) atoms.